The van der Waals surface area contributed by atoms with Gasteiger partial charge < -0.3 is 5.73 Å². The van der Waals surface area contributed by atoms with E-state index < -0.39 is 26.7 Å². The molecule has 4 nitrogen and oxygen atoms in total. The smallest absolute Gasteiger partial charge is 0.328 e. The number of hydrogen-bond donors (Lipinski definition) is 2. The van der Waals surface area contributed by atoms with Crippen molar-refractivity contribution >= 4 is 10.0 Å². The molecule has 0 saturated carbocycles. The second kappa shape index (κ2) is 5.89. The first-order valence-corrected chi connectivity index (χ1v) is 7.04. The van der Waals surface area contributed by atoms with Gasteiger partial charge >= 0.3 is 6.18 Å². The topological polar surface area (TPSA) is 72.2 Å². The summed E-state index contributed by atoms with van der Waals surface area (Å²) in [5.74, 6) is 0. The number of halogens is 3. The van der Waals surface area contributed by atoms with E-state index in [-0.39, 0.29) is 12.6 Å². The Kier molecular flexibility index (Phi) is 4.94. The molecule has 0 amide bonds. The molecule has 0 aliphatic heterocycles. The van der Waals surface area contributed by atoms with Crippen molar-refractivity contribution in [1.82, 2.24) is 4.72 Å². The minimum absolute atomic E-state index is 0.00775. The number of nitrogens with one attached hydrogen (secondary N) is 1. The quantitative estimate of drug-likeness (QED) is 0.869. The zero-order valence-electron chi connectivity index (χ0n) is 10.2. The standard InChI is InChI=1S/C11H15F3N2O2S/c1-8(15)6-7-16-19(17,18)10-5-3-2-4-9(10)11(12,13)14/h2-5,8,16H,6-7,15H2,1H3. The molecule has 1 rings (SSSR count). The molecule has 0 aromatic heterocycles. The highest BCUT2D eigenvalue weighted by Crippen LogP contribution is 2.33. The predicted octanol–water partition coefficient (Wildman–Crippen LogP) is 1.72. The van der Waals surface area contributed by atoms with Gasteiger partial charge in [-0.25, -0.2) is 13.1 Å². The SMILES string of the molecule is CC(N)CCNS(=O)(=O)c1ccccc1C(F)(F)F. The van der Waals surface area contributed by atoms with Gasteiger partial charge in [0.2, 0.25) is 10.0 Å². The van der Waals surface area contributed by atoms with Crippen LogP contribution in [0.5, 0.6) is 0 Å². The fourth-order valence-electron chi connectivity index (χ4n) is 1.43. The molecule has 0 fully saturated rings. The zero-order valence-corrected chi connectivity index (χ0v) is 11.1. The molecule has 0 aliphatic rings. The largest absolute Gasteiger partial charge is 0.417 e. The molecular formula is C11H15F3N2O2S. The van der Waals surface area contributed by atoms with Crippen LogP contribution in [0.15, 0.2) is 29.2 Å². The summed E-state index contributed by atoms with van der Waals surface area (Å²) in [6.45, 7) is 1.67. The highest BCUT2D eigenvalue weighted by atomic mass is 32.2. The number of alkyl halides is 3. The predicted molar refractivity (Wildman–Crippen MR) is 64.9 cm³/mol. The lowest BCUT2D eigenvalue weighted by molar-refractivity contribution is -0.139. The van der Waals surface area contributed by atoms with E-state index in [9.17, 15) is 21.6 Å². The van der Waals surface area contributed by atoms with E-state index in [2.05, 4.69) is 4.72 Å². The van der Waals surface area contributed by atoms with Crippen LogP contribution in [0.4, 0.5) is 13.2 Å². The second-order valence-electron chi connectivity index (χ2n) is 4.16. The first-order valence-electron chi connectivity index (χ1n) is 5.56. The minimum Gasteiger partial charge on any atom is -0.328 e. The van der Waals surface area contributed by atoms with Gasteiger partial charge in [-0.15, -0.1) is 0 Å². The molecule has 0 saturated heterocycles. The van der Waals surface area contributed by atoms with Crippen molar-refractivity contribution in [1.29, 1.82) is 0 Å². The molecule has 1 aromatic carbocycles. The lowest BCUT2D eigenvalue weighted by Gasteiger charge is -2.14. The summed E-state index contributed by atoms with van der Waals surface area (Å²) in [5, 5.41) is 0. The van der Waals surface area contributed by atoms with E-state index in [1.165, 1.54) is 6.07 Å². The zero-order chi connectivity index (χ0) is 14.7. The molecule has 108 valence electrons. The van der Waals surface area contributed by atoms with Gasteiger partial charge in [-0.1, -0.05) is 12.1 Å². The van der Waals surface area contributed by atoms with Crippen LogP contribution in [-0.4, -0.2) is 21.0 Å². The van der Waals surface area contributed by atoms with E-state index in [4.69, 9.17) is 5.73 Å². The maximum atomic E-state index is 12.7. The lowest BCUT2D eigenvalue weighted by Crippen LogP contribution is -2.30. The van der Waals surface area contributed by atoms with Crippen LogP contribution in [-0.2, 0) is 16.2 Å². The summed E-state index contributed by atoms with van der Waals surface area (Å²) in [6, 6.07) is 3.82. The van der Waals surface area contributed by atoms with Gasteiger partial charge in [-0.05, 0) is 25.5 Å². The average Bonchev–Trinajstić information content (AvgIpc) is 2.27. The Balaban J connectivity index is 3.02. The first-order chi connectivity index (χ1) is 8.64. The summed E-state index contributed by atoms with van der Waals surface area (Å²) in [4.78, 5) is -0.771. The molecule has 1 unspecified atom stereocenters. The van der Waals surface area contributed by atoms with Gasteiger partial charge in [0.05, 0.1) is 10.5 Å². The second-order valence-corrected chi connectivity index (χ2v) is 5.89. The highest BCUT2D eigenvalue weighted by Gasteiger charge is 2.36. The van der Waals surface area contributed by atoms with Crippen molar-refractivity contribution in [2.45, 2.75) is 30.5 Å². The van der Waals surface area contributed by atoms with E-state index in [0.717, 1.165) is 18.2 Å². The normalized spacial score (nSPS) is 14.4. The molecule has 1 aromatic rings. The monoisotopic (exact) mass is 296 g/mol. The number of sulfonamides is 1. The van der Waals surface area contributed by atoms with Crippen LogP contribution in [0, 0.1) is 0 Å². The molecule has 19 heavy (non-hydrogen) atoms. The van der Waals surface area contributed by atoms with Crippen molar-refractivity contribution in [3.63, 3.8) is 0 Å². The van der Waals surface area contributed by atoms with Crippen molar-refractivity contribution in [3.8, 4) is 0 Å². The van der Waals surface area contributed by atoms with Crippen LogP contribution >= 0.6 is 0 Å². The van der Waals surface area contributed by atoms with Gasteiger partial charge in [0.25, 0.3) is 0 Å². The van der Waals surface area contributed by atoms with E-state index in [0.29, 0.717) is 6.42 Å². The molecular weight excluding hydrogens is 281 g/mol. The number of hydrogen-bond acceptors (Lipinski definition) is 3. The third-order valence-electron chi connectivity index (χ3n) is 2.37. The van der Waals surface area contributed by atoms with Crippen molar-refractivity contribution in [2.24, 2.45) is 5.73 Å². The Hall–Kier alpha value is -1.12. The Morgan fingerprint density at radius 3 is 2.42 bits per heavy atom. The van der Waals surface area contributed by atoms with Gasteiger partial charge in [0, 0.05) is 12.6 Å². The Bertz CT molecular complexity index is 527. The van der Waals surface area contributed by atoms with E-state index in [1.54, 1.807) is 6.92 Å². The maximum absolute atomic E-state index is 12.7. The number of rotatable bonds is 5. The molecule has 0 spiro atoms. The van der Waals surface area contributed by atoms with Crippen molar-refractivity contribution in [3.05, 3.63) is 29.8 Å². The average molecular weight is 296 g/mol. The summed E-state index contributed by atoms with van der Waals surface area (Å²) >= 11 is 0. The summed E-state index contributed by atoms with van der Waals surface area (Å²) < 4.78 is 63.9. The fourth-order valence-corrected chi connectivity index (χ4v) is 2.71. The Morgan fingerprint density at radius 1 is 1.32 bits per heavy atom. The lowest BCUT2D eigenvalue weighted by atomic mass is 10.2. The van der Waals surface area contributed by atoms with Crippen LogP contribution < -0.4 is 10.5 Å². The maximum Gasteiger partial charge on any atom is 0.417 e. The summed E-state index contributed by atoms with van der Waals surface area (Å²) in [7, 11) is -4.20. The fraction of sp³-hybridized carbons (Fsp3) is 0.455. The molecule has 0 bridgehead atoms. The number of nitrogens with two attached hydrogens (primary N) is 1. The molecule has 8 heteroatoms. The third-order valence-corrected chi connectivity index (χ3v) is 3.89. The minimum atomic E-state index is -4.72. The highest BCUT2D eigenvalue weighted by molar-refractivity contribution is 7.89. The molecule has 0 radical (unpaired) electrons. The molecule has 1 atom stereocenters. The van der Waals surface area contributed by atoms with Gasteiger partial charge in [-0.3, -0.25) is 0 Å². The van der Waals surface area contributed by atoms with E-state index >= 15 is 0 Å². The summed E-state index contributed by atoms with van der Waals surface area (Å²) in [5.41, 5.74) is 4.27. The van der Waals surface area contributed by atoms with Gasteiger partial charge in [0.15, 0.2) is 0 Å². The van der Waals surface area contributed by atoms with Gasteiger partial charge in [-0.2, -0.15) is 13.2 Å². The van der Waals surface area contributed by atoms with Crippen LogP contribution in [0.25, 0.3) is 0 Å². The number of benzene rings is 1. The Labute approximate surface area is 109 Å². The van der Waals surface area contributed by atoms with Gasteiger partial charge in [0.1, 0.15) is 0 Å². The first kappa shape index (κ1) is 15.9. The van der Waals surface area contributed by atoms with Crippen LogP contribution in [0.2, 0.25) is 0 Å². The Morgan fingerprint density at radius 2 is 1.89 bits per heavy atom. The molecule has 0 aliphatic carbocycles. The van der Waals surface area contributed by atoms with Crippen LogP contribution in [0.1, 0.15) is 18.9 Å². The van der Waals surface area contributed by atoms with Crippen molar-refractivity contribution < 1.29 is 21.6 Å². The van der Waals surface area contributed by atoms with Crippen LogP contribution in [0.3, 0.4) is 0 Å². The molecule has 0 heterocycles. The van der Waals surface area contributed by atoms with E-state index in [1.807, 2.05) is 0 Å². The third kappa shape index (κ3) is 4.48. The molecule has 3 N–H and O–H groups in total. The summed E-state index contributed by atoms with van der Waals surface area (Å²) in [6.07, 6.45) is -4.38. The van der Waals surface area contributed by atoms with Crippen molar-refractivity contribution in [2.75, 3.05) is 6.54 Å².